The standard InChI is InChI=1S/C39H71O8P/c1-3-5-7-9-11-13-15-17-19-21-23-25-27-29-31-33-38(40)45-35-37(36-46-48(42,43)44)47-39(41)34-32-30-28-26-24-22-20-18-16-14-12-10-8-6-4-2/h13-16,18,20,37H,3-12,17,19,21-36H2,1-2H3,(H2,42,43,44)/b15-13+,16-14+,20-18+/t37-/m1/s1. The molecule has 0 radical (unpaired) electrons. The zero-order valence-electron chi connectivity index (χ0n) is 30.6. The average Bonchev–Trinajstić information content (AvgIpc) is 3.05. The highest BCUT2D eigenvalue weighted by Gasteiger charge is 2.22. The second kappa shape index (κ2) is 35.1. The molecule has 0 aliphatic carbocycles. The van der Waals surface area contributed by atoms with Crippen LogP contribution in [0.5, 0.6) is 0 Å². The third kappa shape index (κ3) is 37.1. The van der Waals surface area contributed by atoms with Crippen LogP contribution in [-0.2, 0) is 28.2 Å². The Morgan fingerprint density at radius 3 is 1.40 bits per heavy atom. The lowest BCUT2D eigenvalue weighted by molar-refractivity contribution is -0.161. The number of rotatable bonds is 35. The monoisotopic (exact) mass is 698 g/mol. The van der Waals surface area contributed by atoms with Crippen molar-refractivity contribution in [3.05, 3.63) is 36.5 Å². The minimum absolute atomic E-state index is 0.194. The maximum absolute atomic E-state index is 12.4. The number of unbranched alkanes of at least 4 members (excludes halogenated alkanes) is 20. The van der Waals surface area contributed by atoms with Crippen LogP contribution in [0.4, 0.5) is 0 Å². The Kier molecular flexibility index (Phi) is 33.8. The van der Waals surface area contributed by atoms with Crippen LogP contribution in [0.15, 0.2) is 36.5 Å². The number of phosphoric acid groups is 1. The molecule has 0 spiro atoms. The number of hydrogen-bond acceptors (Lipinski definition) is 6. The predicted octanol–water partition coefficient (Wildman–Crippen LogP) is 11.4. The first-order valence-electron chi connectivity index (χ1n) is 19.3. The van der Waals surface area contributed by atoms with E-state index in [0.717, 1.165) is 70.6 Å². The van der Waals surface area contributed by atoms with E-state index in [1.54, 1.807) is 0 Å². The highest BCUT2D eigenvalue weighted by atomic mass is 31.2. The fourth-order valence-corrected chi connectivity index (χ4v) is 5.60. The largest absolute Gasteiger partial charge is 0.469 e. The number of phosphoric ester groups is 1. The Hall–Kier alpha value is -1.73. The fraction of sp³-hybridized carbons (Fsp3) is 0.795. The second-order valence-electron chi connectivity index (χ2n) is 12.9. The summed E-state index contributed by atoms with van der Waals surface area (Å²) in [6.07, 6.45) is 40.0. The second-order valence-corrected chi connectivity index (χ2v) is 14.2. The molecule has 0 bridgehead atoms. The summed E-state index contributed by atoms with van der Waals surface area (Å²) in [4.78, 5) is 42.7. The van der Waals surface area contributed by atoms with Gasteiger partial charge in [0, 0.05) is 12.8 Å². The first-order chi connectivity index (χ1) is 23.3. The SMILES string of the molecule is CCCCCC/C=C/C=C/CCCCCCCC(=O)O[C@H](COC(=O)CCCCCCCCC/C=C/CCCCCC)COP(=O)(O)O. The van der Waals surface area contributed by atoms with Gasteiger partial charge in [0.1, 0.15) is 6.61 Å². The van der Waals surface area contributed by atoms with E-state index < -0.39 is 32.5 Å². The summed E-state index contributed by atoms with van der Waals surface area (Å²) >= 11 is 0. The lowest BCUT2D eigenvalue weighted by Crippen LogP contribution is -2.29. The Morgan fingerprint density at radius 2 is 0.938 bits per heavy atom. The summed E-state index contributed by atoms with van der Waals surface area (Å²) in [5.41, 5.74) is 0. The Balaban J connectivity index is 3.99. The molecule has 0 amide bonds. The van der Waals surface area contributed by atoms with Crippen LogP contribution < -0.4 is 0 Å². The average molecular weight is 699 g/mol. The van der Waals surface area contributed by atoms with Crippen LogP contribution in [0.3, 0.4) is 0 Å². The number of esters is 2. The van der Waals surface area contributed by atoms with Crippen LogP contribution in [-0.4, -0.2) is 41.0 Å². The van der Waals surface area contributed by atoms with Gasteiger partial charge < -0.3 is 19.3 Å². The molecule has 0 fully saturated rings. The summed E-state index contributed by atoms with van der Waals surface area (Å²) in [6, 6.07) is 0. The van der Waals surface area contributed by atoms with Crippen LogP contribution in [0.1, 0.15) is 181 Å². The van der Waals surface area contributed by atoms with Gasteiger partial charge in [0.05, 0.1) is 6.61 Å². The summed E-state index contributed by atoms with van der Waals surface area (Å²) in [5, 5.41) is 0. The van der Waals surface area contributed by atoms with Crippen LogP contribution in [0, 0.1) is 0 Å². The highest BCUT2D eigenvalue weighted by molar-refractivity contribution is 7.46. The first kappa shape index (κ1) is 46.3. The zero-order chi connectivity index (χ0) is 35.4. The fourth-order valence-electron chi connectivity index (χ4n) is 5.24. The molecule has 9 heteroatoms. The van der Waals surface area contributed by atoms with Crippen LogP contribution >= 0.6 is 7.82 Å². The molecule has 0 aliphatic rings. The minimum atomic E-state index is -4.75. The van der Waals surface area contributed by atoms with E-state index in [1.165, 1.54) is 77.0 Å². The lowest BCUT2D eigenvalue weighted by Gasteiger charge is -2.18. The van der Waals surface area contributed by atoms with Crippen molar-refractivity contribution >= 4 is 19.8 Å². The quantitative estimate of drug-likeness (QED) is 0.0221. The van der Waals surface area contributed by atoms with Crippen LogP contribution in [0.2, 0.25) is 0 Å². The topological polar surface area (TPSA) is 119 Å². The molecule has 0 aromatic carbocycles. The smallest absolute Gasteiger partial charge is 0.462 e. The maximum atomic E-state index is 12.4. The Bertz CT molecular complexity index is 879. The molecule has 0 aromatic rings. The first-order valence-corrected chi connectivity index (χ1v) is 20.8. The third-order valence-corrected chi connectivity index (χ3v) is 8.64. The Labute approximate surface area is 293 Å². The van der Waals surface area contributed by atoms with Gasteiger partial charge in [0.25, 0.3) is 0 Å². The van der Waals surface area contributed by atoms with Crippen molar-refractivity contribution in [3.8, 4) is 0 Å². The number of allylic oxidation sites excluding steroid dienone is 6. The van der Waals surface area contributed by atoms with Crippen molar-refractivity contribution in [3.63, 3.8) is 0 Å². The zero-order valence-corrected chi connectivity index (χ0v) is 31.5. The van der Waals surface area contributed by atoms with Crippen molar-refractivity contribution in [2.45, 2.75) is 187 Å². The van der Waals surface area contributed by atoms with Crippen molar-refractivity contribution in [1.82, 2.24) is 0 Å². The molecule has 2 N–H and O–H groups in total. The molecule has 8 nitrogen and oxygen atoms in total. The van der Waals surface area contributed by atoms with Gasteiger partial charge in [0.15, 0.2) is 6.10 Å². The summed E-state index contributed by atoms with van der Waals surface area (Å²) in [5.74, 6) is -0.907. The van der Waals surface area contributed by atoms with Gasteiger partial charge in [-0.25, -0.2) is 4.57 Å². The van der Waals surface area contributed by atoms with Crippen molar-refractivity contribution in [2.75, 3.05) is 13.2 Å². The summed E-state index contributed by atoms with van der Waals surface area (Å²) in [7, 11) is -4.75. The normalized spacial score (nSPS) is 12.8. The molecular formula is C39H71O8P. The van der Waals surface area contributed by atoms with Gasteiger partial charge in [-0.15, -0.1) is 0 Å². The number of ether oxygens (including phenoxy) is 2. The van der Waals surface area contributed by atoms with Gasteiger partial charge in [-0.1, -0.05) is 140 Å². The van der Waals surface area contributed by atoms with E-state index in [1.807, 2.05) is 0 Å². The summed E-state index contributed by atoms with van der Waals surface area (Å²) in [6.45, 7) is 3.63. The van der Waals surface area contributed by atoms with Crippen LogP contribution in [0.25, 0.3) is 0 Å². The maximum Gasteiger partial charge on any atom is 0.469 e. The van der Waals surface area contributed by atoms with E-state index in [4.69, 9.17) is 19.3 Å². The summed E-state index contributed by atoms with van der Waals surface area (Å²) < 4.78 is 26.3. The molecule has 0 aromatic heterocycles. The minimum Gasteiger partial charge on any atom is -0.462 e. The number of carbonyl (C=O) groups excluding carboxylic acids is 2. The van der Waals surface area contributed by atoms with Gasteiger partial charge in [-0.3, -0.25) is 14.1 Å². The Morgan fingerprint density at radius 1 is 0.542 bits per heavy atom. The van der Waals surface area contributed by atoms with Gasteiger partial charge in [-0.2, -0.15) is 0 Å². The van der Waals surface area contributed by atoms with Gasteiger partial charge in [-0.05, 0) is 64.2 Å². The van der Waals surface area contributed by atoms with Gasteiger partial charge in [0.2, 0.25) is 0 Å². The van der Waals surface area contributed by atoms with Crippen molar-refractivity contribution in [2.24, 2.45) is 0 Å². The molecule has 280 valence electrons. The molecule has 0 aliphatic heterocycles. The lowest BCUT2D eigenvalue weighted by atomic mass is 10.1. The number of hydrogen-bond donors (Lipinski definition) is 2. The molecule has 0 unspecified atom stereocenters. The van der Waals surface area contributed by atoms with E-state index in [-0.39, 0.29) is 19.4 Å². The van der Waals surface area contributed by atoms with Gasteiger partial charge >= 0.3 is 19.8 Å². The molecule has 48 heavy (non-hydrogen) atoms. The molecule has 0 saturated heterocycles. The third-order valence-electron chi connectivity index (χ3n) is 8.16. The molecule has 0 rings (SSSR count). The van der Waals surface area contributed by atoms with E-state index in [2.05, 4.69) is 54.8 Å². The predicted molar refractivity (Wildman–Crippen MR) is 198 cm³/mol. The molecule has 0 heterocycles. The molecular weight excluding hydrogens is 627 g/mol. The van der Waals surface area contributed by atoms with Crippen molar-refractivity contribution in [1.29, 1.82) is 0 Å². The highest BCUT2D eigenvalue weighted by Crippen LogP contribution is 2.36. The van der Waals surface area contributed by atoms with E-state index in [9.17, 15) is 14.2 Å². The van der Waals surface area contributed by atoms with Crippen molar-refractivity contribution < 1.29 is 37.9 Å². The number of carbonyl (C=O) groups is 2. The molecule has 1 atom stereocenters. The van der Waals surface area contributed by atoms with E-state index >= 15 is 0 Å². The molecule has 0 saturated carbocycles. The van der Waals surface area contributed by atoms with E-state index in [0.29, 0.717) is 6.42 Å².